The third-order valence-electron chi connectivity index (χ3n) is 5.83. The topological polar surface area (TPSA) is 84.7 Å². The molecule has 3 aromatic heterocycles. The molecule has 0 unspecified atom stereocenters. The lowest BCUT2D eigenvalue weighted by Crippen LogP contribution is -2.36. The van der Waals surface area contributed by atoms with E-state index in [1.165, 1.54) is 0 Å². The average Bonchev–Trinajstić information content (AvgIpc) is 3.37. The molecule has 1 amide bonds. The third-order valence-corrected chi connectivity index (χ3v) is 6.91. The normalized spacial score (nSPS) is 14.4. The van der Waals surface area contributed by atoms with Gasteiger partial charge in [0.25, 0.3) is 0 Å². The van der Waals surface area contributed by atoms with Gasteiger partial charge in [-0.25, -0.2) is 14.5 Å². The number of fused-ring (bicyclic) bond motifs is 2. The second-order valence-electron chi connectivity index (χ2n) is 8.14. The molecule has 1 N–H and O–H groups in total. The Morgan fingerprint density at radius 1 is 1.16 bits per heavy atom. The first-order valence-electron chi connectivity index (χ1n) is 10.8. The third kappa shape index (κ3) is 4.05. The first-order chi connectivity index (χ1) is 15.5. The molecule has 4 aromatic rings. The summed E-state index contributed by atoms with van der Waals surface area (Å²) < 4.78 is 8.36. The number of ether oxygens (including phenoxy) is 1. The number of nitrogens with one attached hydrogen (secondary N) is 1. The largest absolute Gasteiger partial charge is 0.378 e. The summed E-state index contributed by atoms with van der Waals surface area (Å²) in [6.45, 7) is 9.18. The highest BCUT2D eigenvalue weighted by Crippen LogP contribution is 2.31. The Balaban J connectivity index is 1.27. The summed E-state index contributed by atoms with van der Waals surface area (Å²) in [4.78, 5) is 24.3. The molecule has 4 heterocycles. The molecule has 8 nitrogen and oxygen atoms in total. The molecule has 0 radical (unpaired) electrons. The Kier molecular flexibility index (Phi) is 5.52. The van der Waals surface area contributed by atoms with Gasteiger partial charge in [0.05, 0.1) is 29.1 Å². The zero-order chi connectivity index (χ0) is 22.2. The molecule has 1 aromatic carbocycles. The maximum absolute atomic E-state index is 12.7. The van der Waals surface area contributed by atoms with E-state index in [9.17, 15) is 4.79 Å². The molecule has 0 atom stereocenters. The van der Waals surface area contributed by atoms with Crippen molar-refractivity contribution >= 4 is 43.9 Å². The first-order valence-corrected chi connectivity index (χ1v) is 11.7. The smallest absolute Gasteiger partial charge is 0.224 e. The van der Waals surface area contributed by atoms with E-state index in [-0.39, 0.29) is 5.91 Å². The van der Waals surface area contributed by atoms with Crippen LogP contribution >= 0.6 is 11.3 Å². The number of carbonyl (C=O) groups excluding carboxylic acids is 1. The molecular weight excluding hydrogens is 424 g/mol. The number of nitrogens with zero attached hydrogens (tertiary/aromatic N) is 5. The second-order valence-corrected chi connectivity index (χ2v) is 9.15. The molecule has 0 aliphatic carbocycles. The van der Waals surface area contributed by atoms with Crippen LogP contribution in [0.15, 0.2) is 24.3 Å². The predicted molar refractivity (Wildman–Crippen MR) is 127 cm³/mol. The summed E-state index contributed by atoms with van der Waals surface area (Å²) in [6, 6.07) is 7.86. The van der Waals surface area contributed by atoms with Crippen LogP contribution in [0.3, 0.4) is 0 Å². The fourth-order valence-corrected chi connectivity index (χ4v) is 5.20. The van der Waals surface area contributed by atoms with Gasteiger partial charge in [-0.2, -0.15) is 5.10 Å². The van der Waals surface area contributed by atoms with Gasteiger partial charge in [0.1, 0.15) is 0 Å². The van der Waals surface area contributed by atoms with Crippen molar-refractivity contribution in [2.75, 3.05) is 36.5 Å². The number of anilines is 2. The van der Waals surface area contributed by atoms with Crippen LogP contribution in [-0.2, 0) is 16.0 Å². The van der Waals surface area contributed by atoms with Gasteiger partial charge in [0.2, 0.25) is 5.91 Å². The van der Waals surface area contributed by atoms with Gasteiger partial charge in [-0.1, -0.05) is 11.3 Å². The highest BCUT2D eigenvalue weighted by atomic mass is 32.1. The van der Waals surface area contributed by atoms with Crippen molar-refractivity contribution in [2.24, 2.45) is 0 Å². The molecule has 1 saturated heterocycles. The van der Waals surface area contributed by atoms with Crippen LogP contribution in [0.2, 0.25) is 0 Å². The number of hydrogen-bond acceptors (Lipinski definition) is 7. The Hall–Kier alpha value is -3.04. The van der Waals surface area contributed by atoms with Crippen LogP contribution in [0.25, 0.3) is 15.9 Å². The van der Waals surface area contributed by atoms with Crippen molar-refractivity contribution in [3.05, 3.63) is 46.9 Å². The van der Waals surface area contributed by atoms with E-state index in [4.69, 9.17) is 9.72 Å². The molecule has 1 aliphatic rings. The van der Waals surface area contributed by atoms with Gasteiger partial charge in [-0.3, -0.25) is 4.79 Å². The molecule has 1 fully saturated rings. The van der Waals surface area contributed by atoms with Gasteiger partial charge < -0.3 is 15.0 Å². The summed E-state index contributed by atoms with van der Waals surface area (Å²) in [5, 5.41) is 8.56. The first kappa shape index (κ1) is 20.8. The minimum atomic E-state index is -0.0159. The van der Waals surface area contributed by atoms with E-state index in [0.29, 0.717) is 12.8 Å². The van der Waals surface area contributed by atoms with Crippen LogP contribution in [0.5, 0.6) is 0 Å². The van der Waals surface area contributed by atoms with Crippen molar-refractivity contribution in [1.29, 1.82) is 0 Å². The summed E-state index contributed by atoms with van der Waals surface area (Å²) in [5.74, 6) is -0.0159. The lowest BCUT2D eigenvalue weighted by Gasteiger charge is -2.25. The van der Waals surface area contributed by atoms with E-state index in [0.717, 1.165) is 75.6 Å². The number of morpholine rings is 1. The molecule has 166 valence electrons. The minimum Gasteiger partial charge on any atom is -0.378 e. The molecule has 32 heavy (non-hydrogen) atoms. The Morgan fingerprint density at radius 3 is 2.78 bits per heavy atom. The van der Waals surface area contributed by atoms with Gasteiger partial charge in [-0.15, -0.1) is 0 Å². The van der Waals surface area contributed by atoms with E-state index in [1.54, 1.807) is 11.3 Å². The SMILES string of the molecule is Cc1cc2nc(C)c(CCC(=O)Nc3ccc4nc(N5CCOCC5)sc4c3)c(C)n2n1. The van der Waals surface area contributed by atoms with Crippen molar-refractivity contribution < 1.29 is 9.53 Å². The molecule has 9 heteroatoms. The number of rotatable bonds is 5. The van der Waals surface area contributed by atoms with Crippen molar-refractivity contribution in [3.63, 3.8) is 0 Å². The average molecular weight is 451 g/mol. The maximum atomic E-state index is 12.7. The Morgan fingerprint density at radius 2 is 1.97 bits per heavy atom. The van der Waals surface area contributed by atoms with Crippen LogP contribution in [-0.4, -0.2) is 51.8 Å². The summed E-state index contributed by atoms with van der Waals surface area (Å²) in [7, 11) is 0. The Labute approximate surface area is 190 Å². The van der Waals surface area contributed by atoms with Gasteiger partial charge in [-0.05, 0) is 51.0 Å². The number of aromatic nitrogens is 4. The summed E-state index contributed by atoms with van der Waals surface area (Å²) >= 11 is 1.65. The lowest BCUT2D eigenvalue weighted by molar-refractivity contribution is -0.116. The van der Waals surface area contributed by atoms with E-state index >= 15 is 0 Å². The van der Waals surface area contributed by atoms with E-state index in [1.807, 2.05) is 49.6 Å². The lowest BCUT2D eigenvalue weighted by atomic mass is 10.1. The van der Waals surface area contributed by atoms with Gasteiger partial charge in [0.15, 0.2) is 10.8 Å². The van der Waals surface area contributed by atoms with Crippen molar-refractivity contribution in [2.45, 2.75) is 33.6 Å². The standard InChI is InChI=1S/C23H26N6O2S/c1-14-12-21-24-15(2)18(16(3)29(21)27-14)5-7-22(30)25-17-4-6-19-20(13-17)32-23(26-19)28-8-10-31-11-9-28/h4,6,12-13H,5,7-11H2,1-3H3,(H,25,30). The molecule has 0 saturated carbocycles. The van der Waals surface area contributed by atoms with Crippen molar-refractivity contribution in [3.8, 4) is 0 Å². The zero-order valence-corrected chi connectivity index (χ0v) is 19.3. The van der Waals surface area contributed by atoms with Crippen LogP contribution in [0.4, 0.5) is 10.8 Å². The maximum Gasteiger partial charge on any atom is 0.224 e. The van der Waals surface area contributed by atoms with Gasteiger partial charge >= 0.3 is 0 Å². The van der Waals surface area contributed by atoms with E-state index < -0.39 is 0 Å². The molecule has 5 rings (SSSR count). The fourth-order valence-electron chi connectivity index (χ4n) is 4.15. The number of thiazole rings is 1. The molecular formula is C23H26N6O2S. The quantitative estimate of drug-likeness (QED) is 0.499. The predicted octanol–water partition coefficient (Wildman–Crippen LogP) is 3.67. The molecule has 0 spiro atoms. The van der Waals surface area contributed by atoms with Crippen LogP contribution < -0.4 is 10.2 Å². The number of hydrogen-bond donors (Lipinski definition) is 1. The molecule has 0 bridgehead atoms. The van der Waals surface area contributed by atoms with Gasteiger partial charge in [0, 0.05) is 42.7 Å². The number of carbonyl (C=O) groups is 1. The number of benzene rings is 1. The summed E-state index contributed by atoms with van der Waals surface area (Å²) in [5.41, 5.74) is 6.59. The highest BCUT2D eigenvalue weighted by molar-refractivity contribution is 7.22. The number of aryl methyl sites for hydroxylation is 3. The second kappa shape index (κ2) is 8.48. The summed E-state index contributed by atoms with van der Waals surface area (Å²) in [6.07, 6.45) is 1.00. The highest BCUT2D eigenvalue weighted by Gasteiger charge is 2.16. The van der Waals surface area contributed by atoms with Crippen LogP contribution in [0.1, 0.15) is 29.1 Å². The zero-order valence-electron chi connectivity index (χ0n) is 18.5. The fraction of sp³-hybridized carbons (Fsp3) is 0.391. The number of amides is 1. The van der Waals surface area contributed by atoms with E-state index in [2.05, 4.69) is 20.3 Å². The Bertz CT molecular complexity index is 1310. The monoisotopic (exact) mass is 450 g/mol. The molecule has 1 aliphatic heterocycles. The van der Waals surface area contributed by atoms with Crippen molar-refractivity contribution in [1.82, 2.24) is 19.6 Å². The minimum absolute atomic E-state index is 0.0159. The van der Waals surface area contributed by atoms with Crippen LogP contribution in [0, 0.1) is 20.8 Å².